The van der Waals surface area contributed by atoms with Crippen LogP contribution in [0.2, 0.25) is 0 Å². The van der Waals surface area contributed by atoms with Gasteiger partial charge in [0.1, 0.15) is 0 Å². The van der Waals surface area contributed by atoms with Crippen LogP contribution in [-0.2, 0) is 4.79 Å². The van der Waals surface area contributed by atoms with Crippen molar-refractivity contribution >= 4 is 18.3 Å². The highest BCUT2D eigenvalue weighted by Gasteiger charge is 2.39. The summed E-state index contributed by atoms with van der Waals surface area (Å²) in [6.45, 7) is 5.95. The second kappa shape index (κ2) is 5.37. The van der Waals surface area contributed by atoms with E-state index in [1.165, 1.54) is 19.3 Å². The highest BCUT2D eigenvalue weighted by molar-refractivity contribution is 5.85. The largest absolute Gasteiger partial charge is 0.341 e. The van der Waals surface area contributed by atoms with E-state index in [2.05, 4.69) is 0 Å². The second-order valence-corrected chi connectivity index (χ2v) is 5.46. The fourth-order valence-electron chi connectivity index (χ4n) is 2.91. The van der Waals surface area contributed by atoms with Crippen molar-refractivity contribution in [2.45, 2.75) is 39.2 Å². The number of amides is 1. The van der Waals surface area contributed by atoms with Crippen LogP contribution >= 0.6 is 12.4 Å². The molecular formula is C12H23ClN2O. The van der Waals surface area contributed by atoms with Crippen molar-refractivity contribution in [2.75, 3.05) is 13.1 Å². The lowest BCUT2D eigenvalue weighted by atomic mass is 10.0. The normalized spacial score (nSPS) is 30.1. The molecular weight excluding hydrogens is 224 g/mol. The van der Waals surface area contributed by atoms with Crippen molar-refractivity contribution in [1.29, 1.82) is 0 Å². The van der Waals surface area contributed by atoms with Crippen LogP contribution in [0.1, 0.15) is 33.1 Å². The molecule has 0 radical (unpaired) electrons. The number of carbonyl (C=O) groups is 1. The molecule has 0 aromatic carbocycles. The molecule has 2 rings (SSSR count). The van der Waals surface area contributed by atoms with E-state index in [0.717, 1.165) is 24.9 Å². The molecule has 1 aliphatic carbocycles. The maximum absolute atomic E-state index is 12.0. The first-order chi connectivity index (χ1) is 7.09. The molecule has 1 heterocycles. The predicted octanol–water partition coefficient (Wildman–Crippen LogP) is 1.65. The number of rotatable bonds is 2. The lowest BCUT2D eigenvalue weighted by Gasteiger charge is -2.23. The van der Waals surface area contributed by atoms with Gasteiger partial charge in [0.05, 0.1) is 6.04 Å². The third-order valence-corrected chi connectivity index (χ3v) is 4.04. The van der Waals surface area contributed by atoms with E-state index in [1.54, 1.807) is 0 Å². The van der Waals surface area contributed by atoms with Gasteiger partial charge in [0.2, 0.25) is 5.91 Å². The van der Waals surface area contributed by atoms with Gasteiger partial charge in [0.25, 0.3) is 0 Å². The summed E-state index contributed by atoms with van der Waals surface area (Å²) in [6.07, 6.45) is 3.98. The van der Waals surface area contributed by atoms with Crippen molar-refractivity contribution in [1.82, 2.24) is 4.90 Å². The number of nitrogens with zero attached hydrogens (tertiary/aromatic N) is 1. The number of hydrogen-bond acceptors (Lipinski definition) is 2. The molecule has 94 valence electrons. The summed E-state index contributed by atoms with van der Waals surface area (Å²) in [5.74, 6) is 1.96. The Morgan fingerprint density at radius 2 is 1.75 bits per heavy atom. The zero-order chi connectivity index (χ0) is 11.0. The summed E-state index contributed by atoms with van der Waals surface area (Å²) < 4.78 is 0. The van der Waals surface area contributed by atoms with E-state index in [4.69, 9.17) is 5.73 Å². The fourth-order valence-corrected chi connectivity index (χ4v) is 2.91. The summed E-state index contributed by atoms with van der Waals surface area (Å²) in [5.41, 5.74) is 5.90. The van der Waals surface area contributed by atoms with Gasteiger partial charge in [-0.05, 0) is 30.6 Å². The van der Waals surface area contributed by atoms with Crippen molar-refractivity contribution in [3.8, 4) is 0 Å². The molecule has 2 aliphatic rings. The minimum absolute atomic E-state index is 0. The van der Waals surface area contributed by atoms with Crippen LogP contribution in [0.5, 0.6) is 0 Å². The maximum Gasteiger partial charge on any atom is 0.239 e. The second-order valence-electron chi connectivity index (χ2n) is 5.46. The quantitative estimate of drug-likeness (QED) is 0.806. The van der Waals surface area contributed by atoms with Gasteiger partial charge in [-0.25, -0.2) is 0 Å². The Balaban J connectivity index is 0.00000128. The predicted molar refractivity (Wildman–Crippen MR) is 67.5 cm³/mol. The van der Waals surface area contributed by atoms with Gasteiger partial charge in [-0.15, -0.1) is 12.4 Å². The number of carbonyl (C=O) groups excluding carboxylic acids is 1. The van der Waals surface area contributed by atoms with E-state index in [9.17, 15) is 4.79 Å². The lowest BCUT2D eigenvalue weighted by molar-refractivity contribution is -0.132. The van der Waals surface area contributed by atoms with Crippen LogP contribution in [0.15, 0.2) is 0 Å². The van der Waals surface area contributed by atoms with Gasteiger partial charge in [-0.3, -0.25) is 4.79 Å². The highest BCUT2D eigenvalue weighted by Crippen LogP contribution is 2.37. The first kappa shape index (κ1) is 13.8. The average molecular weight is 247 g/mol. The summed E-state index contributed by atoms with van der Waals surface area (Å²) in [5, 5.41) is 0. The number of nitrogens with two attached hydrogens (primary N) is 1. The molecule has 4 heteroatoms. The Bertz CT molecular complexity index is 245. The summed E-state index contributed by atoms with van der Waals surface area (Å²) >= 11 is 0. The molecule has 0 aromatic heterocycles. The molecule has 2 unspecified atom stereocenters. The van der Waals surface area contributed by atoms with Gasteiger partial charge in [-0.2, -0.15) is 0 Å². The minimum atomic E-state index is -0.302. The molecule has 2 N–H and O–H groups in total. The molecule has 16 heavy (non-hydrogen) atoms. The molecule has 1 saturated carbocycles. The van der Waals surface area contributed by atoms with Gasteiger partial charge in [-0.1, -0.05) is 20.3 Å². The van der Waals surface area contributed by atoms with E-state index in [-0.39, 0.29) is 30.3 Å². The Hall–Kier alpha value is -0.280. The van der Waals surface area contributed by atoms with Crippen LogP contribution in [0.4, 0.5) is 0 Å². The third kappa shape index (κ3) is 2.51. The topological polar surface area (TPSA) is 46.3 Å². The third-order valence-electron chi connectivity index (χ3n) is 4.04. The van der Waals surface area contributed by atoms with Gasteiger partial charge in [0.15, 0.2) is 0 Å². The number of likely N-dealkylation sites (tertiary alicyclic amines) is 1. The Morgan fingerprint density at radius 3 is 2.19 bits per heavy atom. The van der Waals surface area contributed by atoms with Gasteiger partial charge >= 0.3 is 0 Å². The molecule has 1 amide bonds. The SMILES string of the molecule is CC(C)[C@@H](N)C(=O)N1CC2CCCC2C1.Cl. The average Bonchev–Trinajstić information content (AvgIpc) is 2.74. The standard InChI is InChI=1S/C12H22N2O.ClH/c1-8(2)11(13)12(15)14-6-9-4-3-5-10(9)7-14;/h8-11H,3-7,13H2,1-2H3;1H/t9?,10?,11-;/m1./s1. The van der Waals surface area contributed by atoms with Crippen LogP contribution < -0.4 is 5.73 Å². The van der Waals surface area contributed by atoms with Crippen LogP contribution in [0.3, 0.4) is 0 Å². The molecule has 0 bridgehead atoms. The zero-order valence-corrected chi connectivity index (χ0v) is 11.0. The molecule has 2 fully saturated rings. The monoisotopic (exact) mass is 246 g/mol. The first-order valence-electron chi connectivity index (χ1n) is 6.14. The smallest absolute Gasteiger partial charge is 0.239 e. The zero-order valence-electron chi connectivity index (χ0n) is 10.2. The Morgan fingerprint density at radius 1 is 1.25 bits per heavy atom. The van der Waals surface area contributed by atoms with Gasteiger partial charge in [0, 0.05) is 13.1 Å². The lowest BCUT2D eigenvalue weighted by Crippen LogP contribution is -2.45. The first-order valence-corrected chi connectivity index (χ1v) is 6.14. The van der Waals surface area contributed by atoms with Crippen molar-refractivity contribution in [3.63, 3.8) is 0 Å². The van der Waals surface area contributed by atoms with Crippen LogP contribution in [0, 0.1) is 17.8 Å². The van der Waals surface area contributed by atoms with Crippen LogP contribution in [0.25, 0.3) is 0 Å². The Kier molecular flexibility index (Phi) is 4.62. The summed E-state index contributed by atoms with van der Waals surface area (Å²) in [7, 11) is 0. The summed E-state index contributed by atoms with van der Waals surface area (Å²) in [4.78, 5) is 14.0. The molecule has 3 atom stereocenters. The number of hydrogen-bond donors (Lipinski definition) is 1. The van der Waals surface area contributed by atoms with E-state index in [0.29, 0.717) is 0 Å². The molecule has 0 aromatic rings. The molecule has 1 aliphatic heterocycles. The number of fused-ring (bicyclic) bond motifs is 1. The van der Waals surface area contributed by atoms with E-state index >= 15 is 0 Å². The Labute approximate surface area is 104 Å². The van der Waals surface area contributed by atoms with Crippen molar-refractivity contribution < 1.29 is 4.79 Å². The highest BCUT2D eigenvalue weighted by atomic mass is 35.5. The van der Waals surface area contributed by atoms with E-state index in [1.807, 2.05) is 18.7 Å². The molecule has 1 saturated heterocycles. The number of halogens is 1. The van der Waals surface area contributed by atoms with Crippen molar-refractivity contribution in [2.24, 2.45) is 23.5 Å². The van der Waals surface area contributed by atoms with Crippen LogP contribution in [-0.4, -0.2) is 29.9 Å². The van der Waals surface area contributed by atoms with E-state index < -0.39 is 0 Å². The molecule has 0 spiro atoms. The van der Waals surface area contributed by atoms with Gasteiger partial charge < -0.3 is 10.6 Å². The maximum atomic E-state index is 12.0. The molecule has 3 nitrogen and oxygen atoms in total. The fraction of sp³-hybridized carbons (Fsp3) is 0.917. The summed E-state index contributed by atoms with van der Waals surface area (Å²) in [6, 6.07) is -0.302. The van der Waals surface area contributed by atoms with Crippen molar-refractivity contribution in [3.05, 3.63) is 0 Å². The minimum Gasteiger partial charge on any atom is -0.341 e.